The zero-order valence-electron chi connectivity index (χ0n) is 13.3. The molecular formula is C19H22O5. The van der Waals surface area contributed by atoms with Crippen LogP contribution in [0.25, 0.3) is 0 Å². The summed E-state index contributed by atoms with van der Waals surface area (Å²) in [6.07, 6.45) is -3.52. The second kappa shape index (κ2) is 8.37. The third kappa shape index (κ3) is 4.41. The fourth-order valence-electron chi connectivity index (χ4n) is 2.64. The molecule has 1 aliphatic heterocycles. The Morgan fingerprint density at radius 3 is 1.96 bits per heavy atom. The lowest BCUT2D eigenvalue weighted by Gasteiger charge is -2.37. The topological polar surface area (TPSA) is 68.2 Å². The van der Waals surface area contributed by atoms with Crippen molar-refractivity contribution < 1.29 is 24.4 Å². The van der Waals surface area contributed by atoms with Crippen LogP contribution in [0.3, 0.4) is 0 Å². The van der Waals surface area contributed by atoms with Gasteiger partial charge >= 0.3 is 0 Å². The van der Waals surface area contributed by atoms with Crippen LogP contribution in [0, 0.1) is 0 Å². The second-order valence-corrected chi connectivity index (χ2v) is 5.81. The molecule has 2 N–H and O–H groups in total. The van der Waals surface area contributed by atoms with Gasteiger partial charge in [-0.05, 0) is 11.1 Å². The highest BCUT2D eigenvalue weighted by Crippen LogP contribution is 2.21. The number of benzene rings is 2. The summed E-state index contributed by atoms with van der Waals surface area (Å²) in [5, 5.41) is 20.4. The molecule has 1 fully saturated rings. The van der Waals surface area contributed by atoms with E-state index in [1.165, 1.54) is 0 Å². The molecule has 5 heteroatoms. The van der Waals surface area contributed by atoms with Gasteiger partial charge in [0, 0.05) is 0 Å². The fraction of sp³-hybridized carbons (Fsp3) is 0.368. The predicted octanol–water partition coefficient (Wildman–Crippen LogP) is 1.87. The third-order valence-electron chi connectivity index (χ3n) is 4.02. The highest BCUT2D eigenvalue weighted by atomic mass is 16.7. The molecule has 24 heavy (non-hydrogen) atoms. The van der Waals surface area contributed by atoms with Gasteiger partial charge in [-0.1, -0.05) is 60.7 Å². The quantitative estimate of drug-likeness (QED) is 0.846. The van der Waals surface area contributed by atoms with Crippen LogP contribution in [-0.4, -0.2) is 41.4 Å². The van der Waals surface area contributed by atoms with Crippen molar-refractivity contribution in [1.82, 2.24) is 0 Å². The highest BCUT2D eigenvalue weighted by molar-refractivity contribution is 5.14. The van der Waals surface area contributed by atoms with Crippen molar-refractivity contribution in [2.75, 3.05) is 6.61 Å². The van der Waals surface area contributed by atoms with E-state index < -0.39 is 24.6 Å². The molecule has 4 atom stereocenters. The Morgan fingerprint density at radius 1 is 0.833 bits per heavy atom. The lowest BCUT2D eigenvalue weighted by molar-refractivity contribution is -0.276. The van der Waals surface area contributed by atoms with Gasteiger partial charge in [0.25, 0.3) is 0 Å². The van der Waals surface area contributed by atoms with Crippen LogP contribution in [0.4, 0.5) is 0 Å². The van der Waals surface area contributed by atoms with Crippen molar-refractivity contribution in [3.63, 3.8) is 0 Å². The summed E-state index contributed by atoms with van der Waals surface area (Å²) in [5.74, 6) is 0. The molecule has 0 bridgehead atoms. The van der Waals surface area contributed by atoms with Crippen molar-refractivity contribution in [2.45, 2.75) is 37.8 Å². The van der Waals surface area contributed by atoms with E-state index in [1.807, 2.05) is 60.7 Å². The van der Waals surface area contributed by atoms with Crippen molar-refractivity contribution in [1.29, 1.82) is 0 Å². The molecule has 3 unspecified atom stereocenters. The van der Waals surface area contributed by atoms with E-state index in [0.717, 1.165) is 11.1 Å². The van der Waals surface area contributed by atoms with Gasteiger partial charge in [0.1, 0.15) is 18.3 Å². The van der Waals surface area contributed by atoms with Gasteiger partial charge < -0.3 is 24.4 Å². The van der Waals surface area contributed by atoms with Gasteiger partial charge in [0.2, 0.25) is 0 Å². The second-order valence-electron chi connectivity index (χ2n) is 5.81. The Kier molecular flexibility index (Phi) is 5.96. The summed E-state index contributed by atoms with van der Waals surface area (Å²) >= 11 is 0. The maximum absolute atomic E-state index is 10.5. The number of hydrogen-bond acceptors (Lipinski definition) is 5. The van der Waals surface area contributed by atoms with Gasteiger partial charge in [0.05, 0.1) is 19.8 Å². The molecule has 5 nitrogen and oxygen atoms in total. The number of aliphatic hydroxyl groups is 2. The molecule has 0 amide bonds. The molecule has 0 aromatic heterocycles. The Balaban J connectivity index is 1.55. The molecule has 3 rings (SSSR count). The van der Waals surface area contributed by atoms with E-state index in [0.29, 0.717) is 6.61 Å². The number of rotatable bonds is 6. The van der Waals surface area contributed by atoms with Gasteiger partial charge in [-0.3, -0.25) is 0 Å². The first-order chi connectivity index (χ1) is 11.7. The zero-order chi connectivity index (χ0) is 16.8. The van der Waals surface area contributed by atoms with Crippen LogP contribution in [0.1, 0.15) is 11.1 Å². The summed E-state index contributed by atoms with van der Waals surface area (Å²) in [6, 6.07) is 19.3. The van der Waals surface area contributed by atoms with Crippen LogP contribution in [0.2, 0.25) is 0 Å². The van der Waals surface area contributed by atoms with Gasteiger partial charge in [-0.2, -0.15) is 0 Å². The molecule has 1 saturated heterocycles. The van der Waals surface area contributed by atoms with Gasteiger partial charge in [0.15, 0.2) is 6.29 Å². The highest BCUT2D eigenvalue weighted by Gasteiger charge is 2.40. The molecule has 0 aliphatic carbocycles. The van der Waals surface area contributed by atoms with Gasteiger partial charge in [-0.15, -0.1) is 0 Å². The standard InChI is InChI=1S/C19H22O5/c20-17-16(22-11-14-7-3-1-4-8-14)13-24-19(21)18(17)23-12-15-9-5-2-6-10-15/h1-10,16-21H,11-13H2/t16?,17?,18?,19-/m0/s1. The third-order valence-corrected chi connectivity index (χ3v) is 4.02. The first kappa shape index (κ1) is 17.1. The normalized spacial score (nSPS) is 27.1. The fourth-order valence-corrected chi connectivity index (χ4v) is 2.64. The van der Waals surface area contributed by atoms with E-state index in [4.69, 9.17) is 14.2 Å². The first-order valence-corrected chi connectivity index (χ1v) is 8.03. The van der Waals surface area contributed by atoms with Crippen LogP contribution in [0.5, 0.6) is 0 Å². The van der Waals surface area contributed by atoms with Crippen molar-refractivity contribution in [3.8, 4) is 0 Å². The smallest absolute Gasteiger partial charge is 0.183 e. The maximum atomic E-state index is 10.5. The van der Waals surface area contributed by atoms with Gasteiger partial charge in [-0.25, -0.2) is 0 Å². The number of aliphatic hydroxyl groups excluding tert-OH is 2. The van der Waals surface area contributed by atoms with Crippen LogP contribution in [0.15, 0.2) is 60.7 Å². The van der Waals surface area contributed by atoms with Crippen LogP contribution >= 0.6 is 0 Å². The van der Waals surface area contributed by atoms with E-state index >= 15 is 0 Å². The lowest BCUT2D eigenvalue weighted by atomic mass is 10.0. The maximum Gasteiger partial charge on any atom is 0.183 e. The van der Waals surface area contributed by atoms with E-state index in [1.54, 1.807) is 0 Å². The van der Waals surface area contributed by atoms with Crippen molar-refractivity contribution in [2.24, 2.45) is 0 Å². The molecule has 0 spiro atoms. The van der Waals surface area contributed by atoms with E-state index in [2.05, 4.69) is 0 Å². The number of ether oxygens (including phenoxy) is 3. The summed E-state index contributed by atoms with van der Waals surface area (Å²) in [6.45, 7) is 0.780. The van der Waals surface area contributed by atoms with Crippen molar-refractivity contribution >= 4 is 0 Å². The zero-order valence-corrected chi connectivity index (χ0v) is 13.3. The molecule has 1 aliphatic rings. The Hall–Kier alpha value is -1.76. The molecule has 128 valence electrons. The molecular weight excluding hydrogens is 308 g/mol. The van der Waals surface area contributed by atoms with Crippen LogP contribution < -0.4 is 0 Å². The SMILES string of the molecule is OC1C(OCc2ccccc2)CO[C@H](O)C1OCc1ccccc1. The average molecular weight is 330 g/mol. The van der Waals surface area contributed by atoms with E-state index in [-0.39, 0.29) is 13.2 Å². The lowest BCUT2D eigenvalue weighted by Crippen LogP contribution is -2.54. The molecule has 1 heterocycles. The summed E-state index contributed by atoms with van der Waals surface area (Å²) in [7, 11) is 0. The Morgan fingerprint density at radius 2 is 1.38 bits per heavy atom. The number of hydrogen-bond donors (Lipinski definition) is 2. The van der Waals surface area contributed by atoms with Crippen molar-refractivity contribution in [3.05, 3.63) is 71.8 Å². The Bertz CT molecular complexity index is 604. The first-order valence-electron chi connectivity index (χ1n) is 8.03. The van der Waals surface area contributed by atoms with Crippen LogP contribution in [-0.2, 0) is 27.4 Å². The van der Waals surface area contributed by atoms with E-state index in [9.17, 15) is 10.2 Å². The Labute approximate surface area is 141 Å². The molecule has 2 aromatic rings. The summed E-state index contributed by atoms with van der Waals surface area (Å²) in [4.78, 5) is 0. The minimum absolute atomic E-state index is 0.125. The minimum Gasteiger partial charge on any atom is -0.387 e. The minimum atomic E-state index is -1.17. The average Bonchev–Trinajstić information content (AvgIpc) is 2.63. The monoisotopic (exact) mass is 330 g/mol. The largest absolute Gasteiger partial charge is 0.387 e. The molecule has 0 radical (unpaired) electrons. The summed E-state index contributed by atoms with van der Waals surface area (Å²) < 4.78 is 16.7. The predicted molar refractivity (Wildman–Crippen MR) is 88.0 cm³/mol. The molecule has 0 saturated carbocycles. The molecule has 2 aromatic carbocycles. The summed E-state index contributed by atoms with van der Waals surface area (Å²) in [5.41, 5.74) is 1.97.